The van der Waals surface area contributed by atoms with Crippen LogP contribution in [-0.2, 0) is 4.74 Å². The highest BCUT2D eigenvalue weighted by Crippen LogP contribution is 2.29. The van der Waals surface area contributed by atoms with E-state index >= 15 is 0 Å². The lowest BCUT2D eigenvalue weighted by atomic mass is 10.2. The first kappa shape index (κ1) is 13.1. The molecular formula is C15H19N3O2. The molecule has 0 amide bonds. The molecule has 1 saturated heterocycles. The van der Waals surface area contributed by atoms with Gasteiger partial charge in [0.15, 0.2) is 0 Å². The Labute approximate surface area is 118 Å². The SMILES string of the molecule is CCO[C@H]1CCN(c2nc(C)nc3cc(O)ccc23)C1. The molecule has 2 aromatic rings. The van der Waals surface area contributed by atoms with Gasteiger partial charge in [-0.05, 0) is 32.4 Å². The van der Waals surface area contributed by atoms with Crippen molar-refractivity contribution in [2.75, 3.05) is 24.6 Å². The van der Waals surface area contributed by atoms with Crippen LogP contribution in [0.4, 0.5) is 5.82 Å². The lowest BCUT2D eigenvalue weighted by molar-refractivity contribution is 0.0787. The first-order valence-corrected chi connectivity index (χ1v) is 7.01. The third-order valence-electron chi connectivity index (χ3n) is 3.62. The number of aromatic hydroxyl groups is 1. The number of benzene rings is 1. The topological polar surface area (TPSA) is 58.5 Å². The van der Waals surface area contributed by atoms with Gasteiger partial charge >= 0.3 is 0 Å². The summed E-state index contributed by atoms with van der Waals surface area (Å²) in [7, 11) is 0. The molecule has 0 radical (unpaired) electrons. The van der Waals surface area contributed by atoms with Crippen molar-refractivity contribution >= 4 is 16.7 Å². The molecule has 1 aromatic heterocycles. The molecule has 106 valence electrons. The first-order valence-electron chi connectivity index (χ1n) is 7.01. The fraction of sp³-hybridized carbons (Fsp3) is 0.467. The van der Waals surface area contributed by atoms with E-state index in [4.69, 9.17) is 4.74 Å². The highest BCUT2D eigenvalue weighted by atomic mass is 16.5. The third-order valence-corrected chi connectivity index (χ3v) is 3.62. The lowest BCUT2D eigenvalue weighted by Gasteiger charge is -2.19. The van der Waals surface area contributed by atoms with E-state index in [-0.39, 0.29) is 11.9 Å². The van der Waals surface area contributed by atoms with Crippen LogP contribution in [0.15, 0.2) is 18.2 Å². The molecule has 0 unspecified atom stereocenters. The average Bonchev–Trinajstić information content (AvgIpc) is 2.86. The summed E-state index contributed by atoms with van der Waals surface area (Å²) in [4.78, 5) is 11.2. The highest BCUT2D eigenvalue weighted by molar-refractivity contribution is 5.90. The summed E-state index contributed by atoms with van der Waals surface area (Å²) in [6, 6.07) is 5.25. The molecule has 5 heteroatoms. The van der Waals surface area contributed by atoms with Crippen LogP contribution in [-0.4, -0.2) is 40.9 Å². The minimum atomic E-state index is 0.232. The molecule has 1 N–H and O–H groups in total. The molecular weight excluding hydrogens is 254 g/mol. The minimum absolute atomic E-state index is 0.232. The zero-order chi connectivity index (χ0) is 14.1. The van der Waals surface area contributed by atoms with E-state index in [0.717, 1.165) is 48.7 Å². The van der Waals surface area contributed by atoms with Gasteiger partial charge < -0.3 is 14.7 Å². The van der Waals surface area contributed by atoms with Crippen molar-refractivity contribution in [3.8, 4) is 5.75 Å². The molecule has 1 aromatic carbocycles. The molecule has 1 atom stereocenters. The summed E-state index contributed by atoms with van der Waals surface area (Å²) >= 11 is 0. The van der Waals surface area contributed by atoms with Crippen LogP contribution >= 0.6 is 0 Å². The Balaban J connectivity index is 1.99. The van der Waals surface area contributed by atoms with Crippen molar-refractivity contribution in [1.29, 1.82) is 0 Å². The van der Waals surface area contributed by atoms with E-state index in [1.807, 2.05) is 19.9 Å². The van der Waals surface area contributed by atoms with E-state index < -0.39 is 0 Å². The number of phenolic OH excluding ortho intramolecular Hbond substituents is 1. The zero-order valence-electron chi connectivity index (χ0n) is 11.8. The van der Waals surface area contributed by atoms with E-state index in [9.17, 15) is 5.11 Å². The molecule has 0 bridgehead atoms. The molecule has 0 spiro atoms. The van der Waals surface area contributed by atoms with Crippen molar-refractivity contribution in [3.63, 3.8) is 0 Å². The minimum Gasteiger partial charge on any atom is -0.508 e. The number of nitrogens with zero attached hydrogens (tertiary/aromatic N) is 3. The van der Waals surface area contributed by atoms with Gasteiger partial charge in [0.1, 0.15) is 17.4 Å². The zero-order valence-corrected chi connectivity index (χ0v) is 11.8. The molecule has 3 rings (SSSR count). The predicted octanol–water partition coefficient (Wildman–Crippen LogP) is 2.26. The normalized spacial score (nSPS) is 18.9. The second kappa shape index (κ2) is 5.25. The number of anilines is 1. The molecule has 0 saturated carbocycles. The van der Waals surface area contributed by atoms with Crippen molar-refractivity contribution in [1.82, 2.24) is 9.97 Å². The summed E-state index contributed by atoms with van der Waals surface area (Å²) in [5, 5.41) is 10.6. The maximum atomic E-state index is 9.60. The summed E-state index contributed by atoms with van der Waals surface area (Å²) in [6.45, 7) is 6.45. The molecule has 20 heavy (non-hydrogen) atoms. The van der Waals surface area contributed by atoms with Gasteiger partial charge in [0.25, 0.3) is 0 Å². The number of aryl methyl sites for hydroxylation is 1. The molecule has 0 aliphatic carbocycles. The number of fused-ring (bicyclic) bond motifs is 1. The summed E-state index contributed by atoms with van der Waals surface area (Å²) in [5.74, 6) is 1.89. The van der Waals surface area contributed by atoms with Crippen LogP contribution in [0, 0.1) is 6.92 Å². The number of ether oxygens (including phenoxy) is 1. The van der Waals surface area contributed by atoms with E-state index in [1.54, 1.807) is 12.1 Å². The van der Waals surface area contributed by atoms with Crippen LogP contribution in [0.5, 0.6) is 5.75 Å². The van der Waals surface area contributed by atoms with E-state index in [0.29, 0.717) is 0 Å². The monoisotopic (exact) mass is 273 g/mol. The smallest absolute Gasteiger partial charge is 0.140 e. The fourth-order valence-corrected chi connectivity index (χ4v) is 2.75. The molecule has 1 aliphatic rings. The van der Waals surface area contributed by atoms with Crippen molar-refractivity contribution < 1.29 is 9.84 Å². The van der Waals surface area contributed by atoms with Crippen LogP contribution in [0.2, 0.25) is 0 Å². The van der Waals surface area contributed by atoms with Crippen molar-refractivity contribution in [3.05, 3.63) is 24.0 Å². The fourth-order valence-electron chi connectivity index (χ4n) is 2.75. The van der Waals surface area contributed by atoms with E-state index in [2.05, 4.69) is 14.9 Å². The van der Waals surface area contributed by atoms with Gasteiger partial charge in [-0.3, -0.25) is 0 Å². The van der Waals surface area contributed by atoms with Gasteiger partial charge in [0, 0.05) is 31.1 Å². The van der Waals surface area contributed by atoms with Crippen molar-refractivity contribution in [2.45, 2.75) is 26.4 Å². The number of hydrogen-bond acceptors (Lipinski definition) is 5. The second-order valence-electron chi connectivity index (χ2n) is 5.11. The Kier molecular flexibility index (Phi) is 3.44. The van der Waals surface area contributed by atoms with Gasteiger partial charge in [0.05, 0.1) is 11.6 Å². The van der Waals surface area contributed by atoms with Gasteiger partial charge in [-0.15, -0.1) is 0 Å². The highest BCUT2D eigenvalue weighted by Gasteiger charge is 2.25. The van der Waals surface area contributed by atoms with E-state index in [1.165, 1.54) is 0 Å². The predicted molar refractivity (Wildman–Crippen MR) is 78.2 cm³/mol. The van der Waals surface area contributed by atoms with Crippen LogP contribution in [0.3, 0.4) is 0 Å². The Hall–Kier alpha value is -1.88. The molecule has 2 heterocycles. The maximum Gasteiger partial charge on any atom is 0.140 e. The Bertz CT molecular complexity index is 625. The Morgan fingerprint density at radius 1 is 1.40 bits per heavy atom. The third kappa shape index (κ3) is 2.41. The molecule has 5 nitrogen and oxygen atoms in total. The van der Waals surface area contributed by atoms with Gasteiger partial charge in [-0.1, -0.05) is 0 Å². The van der Waals surface area contributed by atoms with Gasteiger partial charge in [-0.25, -0.2) is 9.97 Å². The lowest BCUT2D eigenvalue weighted by Crippen LogP contribution is -2.24. The van der Waals surface area contributed by atoms with Crippen LogP contribution < -0.4 is 4.90 Å². The van der Waals surface area contributed by atoms with Crippen LogP contribution in [0.25, 0.3) is 10.9 Å². The van der Waals surface area contributed by atoms with Crippen molar-refractivity contribution in [2.24, 2.45) is 0 Å². The summed E-state index contributed by atoms with van der Waals surface area (Å²) in [5.41, 5.74) is 0.785. The Morgan fingerprint density at radius 2 is 2.25 bits per heavy atom. The summed E-state index contributed by atoms with van der Waals surface area (Å²) < 4.78 is 5.69. The number of hydrogen-bond donors (Lipinski definition) is 1. The molecule has 1 fully saturated rings. The maximum absolute atomic E-state index is 9.60. The standard InChI is InChI=1S/C15H19N3O2/c1-3-20-12-6-7-18(9-12)15-13-5-4-11(19)8-14(13)16-10(2)17-15/h4-5,8,12,19H,3,6-7,9H2,1-2H3/t12-/m0/s1. The number of aromatic nitrogens is 2. The number of phenols is 1. The largest absolute Gasteiger partial charge is 0.508 e. The number of rotatable bonds is 3. The average molecular weight is 273 g/mol. The quantitative estimate of drug-likeness (QED) is 0.929. The second-order valence-corrected chi connectivity index (χ2v) is 5.11. The first-order chi connectivity index (χ1) is 9.67. The van der Waals surface area contributed by atoms with Gasteiger partial charge in [0.2, 0.25) is 0 Å². The molecule has 1 aliphatic heterocycles. The Morgan fingerprint density at radius 3 is 3.05 bits per heavy atom. The van der Waals surface area contributed by atoms with Crippen LogP contribution in [0.1, 0.15) is 19.2 Å². The summed E-state index contributed by atoms with van der Waals surface area (Å²) in [6.07, 6.45) is 1.30. The van der Waals surface area contributed by atoms with Gasteiger partial charge in [-0.2, -0.15) is 0 Å².